The quantitative estimate of drug-likeness (QED) is 0.842. The van der Waals surface area contributed by atoms with Crippen molar-refractivity contribution in [3.63, 3.8) is 0 Å². The van der Waals surface area contributed by atoms with Crippen LogP contribution in [0.15, 0.2) is 28.7 Å². The molecule has 0 fully saturated rings. The predicted octanol–water partition coefficient (Wildman–Crippen LogP) is 2.15. The molecule has 0 saturated carbocycles. The summed E-state index contributed by atoms with van der Waals surface area (Å²) in [5.41, 5.74) is 1.00. The molecule has 0 aliphatic heterocycles. The largest absolute Gasteiger partial charge is 0.465 e. The van der Waals surface area contributed by atoms with E-state index in [2.05, 4.69) is 21.2 Å². The highest BCUT2D eigenvalue weighted by Gasteiger charge is 2.11. The van der Waals surface area contributed by atoms with Crippen LogP contribution in [0.2, 0.25) is 0 Å². The van der Waals surface area contributed by atoms with Gasteiger partial charge in [-0.15, -0.1) is 0 Å². The Hall–Kier alpha value is -1.56. The summed E-state index contributed by atoms with van der Waals surface area (Å²) in [5, 5.41) is 2.50. The Morgan fingerprint density at radius 1 is 1.42 bits per heavy atom. The van der Waals surface area contributed by atoms with E-state index in [1.165, 1.54) is 4.90 Å². The minimum Gasteiger partial charge on any atom is -0.465 e. The maximum Gasteiger partial charge on any atom is 0.325 e. The number of carbonyl (C=O) groups is 2. The Kier molecular flexibility index (Phi) is 6.35. The van der Waals surface area contributed by atoms with Gasteiger partial charge in [0.15, 0.2) is 0 Å². The predicted molar refractivity (Wildman–Crippen MR) is 75.6 cm³/mol. The Morgan fingerprint density at radius 2 is 2.16 bits per heavy atom. The monoisotopic (exact) mass is 328 g/mol. The first-order chi connectivity index (χ1) is 9.02. The smallest absolute Gasteiger partial charge is 0.325 e. The molecule has 0 radical (unpaired) electrons. The molecule has 0 aliphatic rings. The van der Waals surface area contributed by atoms with Gasteiger partial charge in [-0.25, -0.2) is 4.79 Å². The van der Waals surface area contributed by atoms with E-state index in [-0.39, 0.29) is 12.6 Å². The number of ether oxygens (including phenoxy) is 1. The van der Waals surface area contributed by atoms with Crippen molar-refractivity contribution >= 4 is 27.9 Å². The standard InChI is InChI=1S/C13H17BrN2O3/c1-3-19-12(17)8-15-13(18)16(2)9-10-5-4-6-11(14)7-10/h4-7H,3,8-9H2,1-2H3,(H,15,18). The molecule has 1 aromatic rings. The van der Waals surface area contributed by atoms with E-state index in [1.807, 2.05) is 24.3 Å². The average Bonchev–Trinajstić information content (AvgIpc) is 2.36. The zero-order valence-electron chi connectivity index (χ0n) is 11.0. The second-order valence-electron chi connectivity index (χ2n) is 3.95. The third kappa shape index (κ3) is 5.74. The summed E-state index contributed by atoms with van der Waals surface area (Å²) in [6, 6.07) is 7.39. The van der Waals surface area contributed by atoms with E-state index >= 15 is 0 Å². The van der Waals surface area contributed by atoms with Crippen molar-refractivity contribution in [3.8, 4) is 0 Å². The van der Waals surface area contributed by atoms with Crippen LogP contribution >= 0.6 is 15.9 Å². The van der Waals surface area contributed by atoms with Crippen molar-refractivity contribution < 1.29 is 14.3 Å². The zero-order chi connectivity index (χ0) is 14.3. The first-order valence-electron chi connectivity index (χ1n) is 5.92. The Bertz CT molecular complexity index is 451. The van der Waals surface area contributed by atoms with Gasteiger partial charge in [0, 0.05) is 18.1 Å². The number of carbonyl (C=O) groups excluding carboxylic acids is 2. The van der Waals surface area contributed by atoms with Gasteiger partial charge in [0.1, 0.15) is 6.54 Å². The molecule has 0 unspecified atom stereocenters. The molecule has 2 amide bonds. The van der Waals surface area contributed by atoms with Crippen molar-refractivity contribution in [3.05, 3.63) is 34.3 Å². The van der Waals surface area contributed by atoms with Crippen LogP contribution in [-0.4, -0.2) is 37.1 Å². The van der Waals surface area contributed by atoms with Gasteiger partial charge in [-0.2, -0.15) is 0 Å². The van der Waals surface area contributed by atoms with Crippen molar-refractivity contribution in [2.24, 2.45) is 0 Å². The first-order valence-corrected chi connectivity index (χ1v) is 6.71. The van der Waals surface area contributed by atoms with E-state index < -0.39 is 5.97 Å². The molecule has 0 aromatic heterocycles. The summed E-state index contributed by atoms with van der Waals surface area (Å²) in [6.07, 6.45) is 0. The average molecular weight is 329 g/mol. The molecular formula is C13H17BrN2O3. The molecule has 1 rings (SSSR count). The molecule has 5 nitrogen and oxygen atoms in total. The zero-order valence-corrected chi connectivity index (χ0v) is 12.6. The highest BCUT2D eigenvalue weighted by Crippen LogP contribution is 2.12. The fraction of sp³-hybridized carbons (Fsp3) is 0.385. The van der Waals surface area contributed by atoms with E-state index in [4.69, 9.17) is 4.74 Å². The number of amides is 2. The number of halogens is 1. The summed E-state index contributed by atoms with van der Waals surface area (Å²) in [7, 11) is 1.67. The number of nitrogens with one attached hydrogen (secondary N) is 1. The van der Waals surface area contributed by atoms with Gasteiger partial charge < -0.3 is 15.0 Å². The van der Waals surface area contributed by atoms with Crippen LogP contribution in [0.5, 0.6) is 0 Å². The normalized spacial score (nSPS) is 9.84. The highest BCUT2D eigenvalue weighted by atomic mass is 79.9. The second kappa shape index (κ2) is 7.78. The summed E-state index contributed by atoms with van der Waals surface area (Å²) >= 11 is 3.38. The van der Waals surface area contributed by atoms with Gasteiger partial charge in [0.25, 0.3) is 0 Å². The topological polar surface area (TPSA) is 58.6 Å². The lowest BCUT2D eigenvalue weighted by molar-refractivity contribution is -0.141. The van der Waals surface area contributed by atoms with Gasteiger partial charge in [0.05, 0.1) is 6.61 Å². The van der Waals surface area contributed by atoms with Crippen LogP contribution in [0.25, 0.3) is 0 Å². The lowest BCUT2D eigenvalue weighted by Crippen LogP contribution is -2.39. The van der Waals surface area contributed by atoms with Crippen LogP contribution in [0.3, 0.4) is 0 Å². The Balaban J connectivity index is 2.42. The number of nitrogens with zero attached hydrogens (tertiary/aromatic N) is 1. The van der Waals surface area contributed by atoms with Gasteiger partial charge in [-0.3, -0.25) is 4.79 Å². The van der Waals surface area contributed by atoms with Crippen LogP contribution < -0.4 is 5.32 Å². The van der Waals surface area contributed by atoms with Crippen LogP contribution in [0.1, 0.15) is 12.5 Å². The van der Waals surface area contributed by atoms with Gasteiger partial charge in [-0.05, 0) is 24.6 Å². The van der Waals surface area contributed by atoms with Gasteiger partial charge >= 0.3 is 12.0 Å². The minimum absolute atomic E-state index is 0.116. The van der Waals surface area contributed by atoms with E-state index in [9.17, 15) is 9.59 Å². The SMILES string of the molecule is CCOC(=O)CNC(=O)N(C)Cc1cccc(Br)c1. The summed E-state index contributed by atoms with van der Waals surface area (Å²) in [6.45, 7) is 2.38. The van der Waals surface area contributed by atoms with E-state index in [0.29, 0.717) is 13.2 Å². The lowest BCUT2D eigenvalue weighted by atomic mass is 10.2. The molecule has 0 aliphatic carbocycles. The summed E-state index contributed by atoms with van der Waals surface area (Å²) in [5.74, 6) is -0.438. The van der Waals surface area contributed by atoms with Crippen LogP contribution in [0.4, 0.5) is 4.79 Å². The van der Waals surface area contributed by atoms with Gasteiger partial charge in [0.2, 0.25) is 0 Å². The number of hydrogen-bond acceptors (Lipinski definition) is 3. The fourth-order valence-electron chi connectivity index (χ4n) is 1.48. The summed E-state index contributed by atoms with van der Waals surface area (Å²) < 4.78 is 5.69. The molecular weight excluding hydrogens is 312 g/mol. The molecule has 6 heteroatoms. The summed E-state index contributed by atoms with van der Waals surface area (Å²) in [4.78, 5) is 24.3. The lowest BCUT2D eigenvalue weighted by Gasteiger charge is -2.17. The van der Waals surface area contributed by atoms with Gasteiger partial charge in [-0.1, -0.05) is 28.1 Å². The molecule has 0 atom stereocenters. The fourth-order valence-corrected chi connectivity index (χ4v) is 1.92. The second-order valence-corrected chi connectivity index (χ2v) is 4.87. The van der Waals surface area contributed by atoms with E-state index in [1.54, 1.807) is 14.0 Å². The number of benzene rings is 1. The molecule has 19 heavy (non-hydrogen) atoms. The molecule has 1 aromatic carbocycles. The van der Waals surface area contributed by atoms with Crippen molar-refractivity contribution in [2.45, 2.75) is 13.5 Å². The number of hydrogen-bond donors (Lipinski definition) is 1. The Morgan fingerprint density at radius 3 is 2.79 bits per heavy atom. The molecule has 104 valence electrons. The first kappa shape index (κ1) is 15.5. The third-order valence-electron chi connectivity index (χ3n) is 2.34. The maximum absolute atomic E-state index is 11.7. The number of urea groups is 1. The number of esters is 1. The van der Waals surface area contributed by atoms with Crippen LogP contribution in [0, 0.1) is 0 Å². The van der Waals surface area contributed by atoms with E-state index in [0.717, 1.165) is 10.0 Å². The molecule has 1 N–H and O–H groups in total. The maximum atomic E-state index is 11.7. The van der Waals surface area contributed by atoms with Crippen molar-refractivity contribution in [1.29, 1.82) is 0 Å². The molecule has 0 saturated heterocycles. The highest BCUT2D eigenvalue weighted by molar-refractivity contribution is 9.10. The third-order valence-corrected chi connectivity index (χ3v) is 2.84. The minimum atomic E-state index is -0.438. The molecule has 0 heterocycles. The van der Waals surface area contributed by atoms with Crippen LogP contribution in [-0.2, 0) is 16.1 Å². The number of rotatable bonds is 5. The van der Waals surface area contributed by atoms with Crippen molar-refractivity contribution in [2.75, 3.05) is 20.2 Å². The molecule has 0 spiro atoms. The molecule has 0 bridgehead atoms. The van der Waals surface area contributed by atoms with Crippen molar-refractivity contribution in [1.82, 2.24) is 10.2 Å². The Labute approximate surface area is 121 Å².